The van der Waals surface area contributed by atoms with Gasteiger partial charge in [-0.25, -0.2) is 0 Å². The summed E-state index contributed by atoms with van der Waals surface area (Å²) < 4.78 is 7.44. The van der Waals surface area contributed by atoms with Gasteiger partial charge in [-0.05, 0) is 42.2 Å². The van der Waals surface area contributed by atoms with Crippen molar-refractivity contribution in [3.63, 3.8) is 0 Å². The summed E-state index contributed by atoms with van der Waals surface area (Å²) in [5, 5.41) is 0. The maximum Gasteiger partial charge on any atom is 0.201 e. The van der Waals surface area contributed by atoms with Crippen LogP contribution in [-0.2, 0) is 7.05 Å². The minimum atomic E-state index is -0.00353. The third-order valence-corrected chi connectivity index (χ3v) is 3.39. The first kappa shape index (κ1) is 14.4. The third kappa shape index (κ3) is 3.29. The molecule has 0 bridgehead atoms. The highest BCUT2D eigenvalue weighted by Gasteiger charge is 2.09. The predicted molar refractivity (Wildman–Crippen MR) is 80.5 cm³/mol. The Morgan fingerprint density at radius 1 is 1.30 bits per heavy atom. The van der Waals surface area contributed by atoms with E-state index in [4.69, 9.17) is 4.74 Å². The summed E-state index contributed by atoms with van der Waals surface area (Å²) in [7, 11) is 1.89. The summed E-state index contributed by atoms with van der Waals surface area (Å²) >= 11 is 0. The molecule has 0 saturated carbocycles. The van der Waals surface area contributed by atoms with Gasteiger partial charge in [0.05, 0.1) is 0 Å². The van der Waals surface area contributed by atoms with Crippen molar-refractivity contribution in [3.05, 3.63) is 53.3 Å². The molecule has 0 atom stereocenters. The number of nitrogens with zero attached hydrogens (tertiary/aromatic N) is 1. The van der Waals surface area contributed by atoms with Gasteiger partial charge in [-0.2, -0.15) is 0 Å². The lowest BCUT2D eigenvalue weighted by Crippen LogP contribution is -2.11. The Hall–Kier alpha value is -2.03. The second-order valence-corrected chi connectivity index (χ2v) is 5.45. The van der Waals surface area contributed by atoms with Crippen LogP contribution in [0.2, 0.25) is 0 Å². The Morgan fingerprint density at radius 2 is 2.05 bits per heavy atom. The number of Topliss-reactive ketones (excluding diaryl/α,β-unsaturated/α-hetero) is 1. The van der Waals surface area contributed by atoms with E-state index in [1.807, 2.05) is 29.9 Å². The van der Waals surface area contributed by atoms with Crippen molar-refractivity contribution >= 4 is 5.78 Å². The molecule has 20 heavy (non-hydrogen) atoms. The third-order valence-electron chi connectivity index (χ3n) is 3.39. The summed E-state index contributed by atoms with van der Waals surface area (Å²) in [6, 6.07) is 7.80. The van der Waals surface area contributed by atoms with E-state index in [0.717, 1.165) is 5.75 Å². The molecule has 0 aliphatic heterocycles. The molecular formula is C17H21NO2. The maximum absolute atomic E-state index is 12.0. The summed E-state index contributed by atoms with van der Waals surface area (Å²) in [6.45, 7) is 6.48. The van der Waals surface area contributed by atoms with E-state index < -0.39 is 0 Å². The van der Waals surface area contributed by atoms with Gasteiger partial charge in [-0.1, -0.05) is 19.9 Å². The van der Waals surface area contributed by atoms with Crippen molar-refractivity contribution in [1.82, 2.24) is 4.57 Å². The van der Waals surface area contributed by atoms with Crippen LogP contribution in [0.5, 0.6) is 5.75 Å². The highest BCUT2D eigenvalue weighted by molar-refractivity contribution is 5.97. The molecule has 0 unspecified atom stereocenters. The molecule has 0 N–H and O–H groups in total. The number of hydrogen-bond acceptors (Lipinski definition) is 2. The molecule has 2 rings (SSSR count). The predicted octanol–water partition coefficient (Wildman–Crippen LogP) is 3.72. The lowest BCUT2D eigenvalue weighted by Gasteiger charge is -2.12. The maximum atomic E-state index is 12.0. The number of ketones is 1. The van der Waals surface area contributed by atoms with E-state index in [-0.39, 0.29) is 12.4 Å². The van der Waals surface area contributed by atoms with E-state index in [1.165, 1.54) is 11.1 Å². The second kappa shape index (κ2) is 5.95. The van der Waals surface area contributed by atoms with Crippen molar-refractivity contribution in [3.8, 4) is 5.75 Å². The van der Waals surface area contributed by atoms with Crippen LogP contribution in [0.1, 0.15) is 41.3 Å². The van der Waals surface area contributed by atoms with E-state index in [1.54, 1.807) is 12.3 Å². The zero-order chi connectivity index (χ0) is 14.7. The lowest BCUT2D eigenvalue weighted by molar-refractivity contribution is 0.0921. The smallest absolute Gasteiger partial charge is 0.201 e. The number of rotatable bonds is 5. The molecule has 0 radical (unpaired) electrons. The fourth-order valence-corrected chi connectivity index (χ4v) is 2.29. The van der Waals surface area contributed by atoms with Crippen LogP contribution in [0.15, 0.2) is 36.7 Å². The summed E-state index contributed by atoms with van der Waals surface area (Å²) in [5.74, 6) is 1.24. The molecule has 3 nitrogen and oxygen atoms in total. The van der Waals surface area contributed by atoms with Crippen molar-refractivity contribution in [2.45, 2.75) is 26.7 Å². The Balaban J connectivity index is 2.01. The average Bonchev–Trinajstić information content (AvgIpc) is 2.82. The van der Waals surface area contributed by atoms with Crippen LogP contribution in [0.25, 0.3) is 0 Å². The fraction of sp³-hybridized carbons (Fsp3) is 0.353. The molecule has 3 heteroatoms. The summed E-state index contributed by atoms with van der Waals surface area (Å²) in [5.41, 5.74) is 3.19. The minimum Gasteiger partial charge on any atom is -0.485 e. The van der Waals surface area contributed by atoms with Crippen LogP contribution in [0, 0.1) is 6.92 Å². The Bertz CT molecular complexity index is 611. The van der Waals surface area contributed by atoms with E-state index in [0.29, 0.717) is 11.5 Å². The SMILES string of the molecule is Cc1cc(OCC(=O)c2ccn(C)c2)ccc1C(C)C. The van der Waals surface area contributed by atoms with Gasteiger partial charge in [-0.3, -0.25) is 4.79 Å². The van der Waals surface area contributed by atoms with Gasteiger partial charge in [0, 0.05) is 25.0 Å². The van der Waals surface area contributed by atoms with E-state index in [9.17, 15) is 4.79 Å². The number of carbonyl (C=O) groups excluding carboxylic acids is 1. The molecule has 2 aromatic rings. The molecule has 0 saturated heterocycles. The van der Waals surface area contributed by atoms with Crippen LogP contribution >= 0.6 is 0 Å². The second-order valence-electron chi connectivity index (χ2n) is 5.45. The molecule has 0 spiro atoms. The van der Waals surface area contributed by atoms with Gasteiger partial charge in [-0.15, -0.1) is 0 Å². The van der Waals surface area contributed by atoms with Crippen LogP contribution in [0.4, 0.5) is 0 Å². The van der Waals surface area contributed by atoms with Crippen LogP contribution in [-0.4, -0.2) is 17.0 Å². The molecule has 0 amide bonds. The van der Waals surface area contributed by atoms with Crippen LogP contribution in [0.3, 0.4) is 0 Å². The van der Waals surface area contributed by atoms with Gasteiger partial charge in [0.15, 0.2) is 6.61 Å². The quantitative estimate of drug-likeness (QED) is 0.776. The van der Waals surface area contributed by atoms with Gasteiger partial charge in [0.2, 0.25) is 5.78 Å². The number of aromatic nitrogens is 1. The molecule has 0 fully saturated rings. The van der Waals surface area contributed by atoms with E-state index >= 15 is 0 Å². The fourth-order valence-electron chi connectivity index (χ4n) is 2.29. The Labute approximate surface area is 120 Å². The van der Waals surface area contributed by atoms with Gasteiger partial charge >= 0.3 is 0 Å². The van der Waals surface area contributed by atoms with Crippen molar-refractivity contribution in [2.24, 2.45) is 7.05 Å². The normalized spacial score (nSPS) is 10.8. The van der Waals surface area contributed by atoms with E-state index in [2.05, 4.69) is 26.8 Å². The highest BCUT2D eigenvalue weighted by Crippen LogP contribution is 2.23. The number of aryl methyl sites for hydroxylation is 2. The van der Waals surface area contributed by atoms with Gasteiger partial charge in [0.25, 0.3) is 0 Å². The summed E-state index contributed by atoms with van der Waals surface area (Å²) in [4.78, 5) is 12.0. The first-order chi connectivity index (χ1) is 9.47. The van der Waals surface area contributed by atoms with Crippen molar-refractivity contribution < 1.29 is 9.53 Å². The first-order valence-electron chi connectivity index (χ1n) is 6.86. The monoisotopic (exact) mass is 271 g/mol. The zero-order valence-electron chi connectivity index (χ0n) is 12.5. The van der Waals surface area contributed by atoms with Crippen LogP contribution < -0.4 is 4.74 Å². The zero-order valence-corrected chi connectivity index (χ0v) is 12.5. The molecular weight excluding hydrogens is 250 g/mol. The standard InChI is InChI=1S/C17H21NO2/c1-12(2)16-6-5-15(9-13(16)3)20-11-17(19)14-7-8-18(4)10-14/h5-10,12H,11H2,1-4H3. The molecule has 1 heterocycles. The molecule has 106 valence electrons. The minimum absolute atomic E-state index is 0.00353. The van der Waals surface area contributed by atoms with Gasteiger partial charge in [0.1, 0.15) is 5.75 Å². The number of carbonyl (C=O) groups is 1. The molecule has 1 aromatic carbocycles. The Morgan fingerprint density at radius 3 is 2.60 bits per heavy atom. The topological polar surface area (TPSA) is 31.2 Å². The van der Waals surface area contributed by atoms with Crippen molar-refractivity contribution in [2.75, 3.05) is 6.61 Å². The first-order valence-corrected chi connectivity index (χ1v) is 6.86. The summed E-state index contributed by atoms with van der Waals surface area (Å²) in [6.07, 6.45) is 3.66. The highest BCUT2D eigenvalue weighted by atomic mass is 16.5. The number of benzene rings is 1. The molecule has 0 aliphatic rings. The molecule has 0 aliphatic carbocycles. The van der Waals surface area contributed by atoms with Gasteiger partial charge < -0.3 is 9.30 Å². The molecule has 1 aromatic heterocycles. The largest absolute Gasteiger partial charge is 0.485 e. The van der Waals surface area contributed by atoms with Crippen molar-refractivity contribution in [1.29, 1.82) is 0 Å². The Kier molecular flexibility index (Phi) is 4.28. The average molecular weight is 271 g/mol. The number of hydrogen-bond donors (Lipinski definition) is 0. The number of ether oxygens (including phenoxy) is 1. The lowest BCUT2D eigenvalue weighted by atomic mass is 9.98.